The van der Waals surface area contributed by atoms with Crippen molar-refractivity contribution < 1.29 is 27.4 Å². The van der Waals surface area contributed by atoms with Crippen LogP contribution in [0.3, 0.4) is 0 Å². The van der Waals surface area contributed by atoms with Gasteiger partial charge in [0.2, 0.25) is 11.8 Å². The van der Waals surface area contributed by atoms with Crippen LogP contribution < -0.4 is 19.5 Å². The van der Waals surface area contributed by atoms with Crippen LogP contribution in [0.15, 0.2) is 34.2 Å². The maximum Gasteiger partial charge on any atom is 0.335 e. The number of nitrogens with zero attached hydrogens (tertiary/aromatic N) is 4. The first-order valence-corrected chi connectivity index (χ1v) is 10.1. The predicted octanol–water partition coefficient (Wildman–Crippen LogP) is 0.955. The van der Waals surface area contributed by atoms with Gasteiger partial charge in [0.15, 0.2) is 0 Å². The summed E-state index contributed by atoms with van der Waals surface area (Å²) in [7, 11) is -1.64. The second-order valence-electron chi connectivity index (χ2n) is 6.67. The highest BCUT2D eigenvalue weighted by molar-refractivity contribution is 7.90. The van der Waals surface area contributed by atoms with Gasteiger partial charge in [-0.05, 0) is 26.0 Å². The maximum absolute atomic E-state index is 12.8. The van der Waals surface area contributed by atoms with E-state index in [2.05, 4.69) is 25.3 Å². The van der Waals surface area contributed by atoms with Gasteiger partial charge in [-0.3, -0.25) is 5.32 Å². The molecule has 1 aliphatic rings. The number of aromatic nitrogens is 3. The second-order valence-corrected chi connectivity index (χ2v) is 8.32. The van der Waals surface area contributed by atoms with Crippen molar-refractivity contribution in [3.05, 3.63) is 29.8 Å². The molecule has 1 aliphatic heterocycles. The lowest BCUT2D eigenvalue weighted by Crippen LogP contribution is -2.36. The number of rotatable bonds is 6. The number of methoxy groups -OCH3 is 2. The minimum atomic E-state index is -4.27. The minimum Gasteiger partial charge on any atom is -0.469 e. The van der Waals surface area contributed by atoms with E-state index in [1.54, 1.807) is 12.1 Å². The molecule has 0 atom stereocenters. The van der Waals surface area contributed by atoms with Gasteiger partial charge in [0.25, 0.3) is 10.0 Å². The Labute approximate surface area is 172 Å². The smallest absolute Gasteiger partial charge is 0.335 e. The number of hydrogen-bond donors (Lipinski definition) is 2. The summed E-state index contributed by atoms with van der Waals surface area (Å²) >= 11 is 0. The molecular formula is C17H20N6O6S. The SMILES string of the molecule is COc1nc(NC(=O)NS(=O)(=O)c2ccccc2C2=NCC(C)(C)O2)nc(OC)n1. The largest absolute Gasteiger partial charge is 0.469 e. The van der Waals surface area contributed by atoms with E-state index in [-0.39, 0.29) is 34.3 Å². The molecule has 30 heavy (non-hydrogen) atoms. The van der Waals surface area contributed by atoms with Crippen molar-refractivity contribution in [3.8, 4) is 12.0 Å². The minimum absolute atomic E-state index is 0.121. The van der Waals surface area contributed by atoms with E-state index in [1.165, 1.54) is 26.4 Å². The average Bonchev–Trinajstić information content (AvgIpc) is 3.06. The molecule has 13 heteroatoms. The summed E-state index contributed by atoms with van der Waals surface area (Å²) in [5.41, 5.74) is -0.305. The van der Waals surface area contributed by atoms with Crippen molar-refractivity contribution in [2.24, 2.45) is 4.99 Å². The number of aliphatic imine (C=N–C) groups is 1. The molecule has 2 aromatic rings. The van der Waals surface area contributed by atoms with E-state index >= 15 is 0 Å². The van der Waals surface area contributed by atoms with E-state index in [9.17, 15) is 13.2 Å². The van der Waals surface area contributed by atoms with Crippen LogP contribution in [0, 0.1) is 0 Å². The molecule has 1 aromatic carbocycles. The van der Waals surface area contributed by atoms with Crippen LogP contribution in [0.2, 0.25) is 0 Å². The van der Waals surface area contributed by atoms with Crippen LogP contribution in [-0.4, -0.2) is 61.7 Å². The number of sulfonamides is 1. The Morgan fingerprint density at radius 3 is 2.30 bits per heavy atom. The Kier molecular flexibility index (Phi) is 5.73. The summed E-state index contributed by atoms with van der Waals surface area (Å²) in [4.78, 5) is 27.8. The number of urea groups is 1. The summed E-state index contributed by atoms with van der Waals surface area (Å²) in [5, 5.41) is 2.21. The Morgan fingerprint density at radius 1 is 1.10 bits per heavy atom. The van der Waals surface area contributed by atoms with Crippen LogP contribution in [-0.2, 0) is 14.8 Å². The van der Waals surface area contributed by atoms with Crippen LogP contribution >= 0.6 is 0 Å². The van der Waals surface area contributed by atoms with Gasteiger partial charge in [-0.2, -0.15) is 9.97 Å². The van der Waals surface area contributed by atoms with E-state index in [4.69, 9.17) is 14.2 Å². The van der Waals surface area contributed by atoms with Gasteiger partial charge in [-0.25, -0.2) is 22.9 Å². The van der Waals surface area contributed by atoms with Gasteiger partial charge >= 0.3 is 18.1 Å². The molecule has 2 N–H and O–H groups in total. The number of ether oxygens (including phenoxy) is 3. The van der Waals surface area contributed by atoms with Crippen molar-refractivity contribution in [1.82, 2.24) is 19.7 Å². The average molecular weight is 436 g/mol. The fourth-order valence-electron chi connectivity index (χ4n) is 2.49. The first-order valence-electron chi connectivity index (χ1n) is 8.64. The maximum atomic E-state index is 12.8. The second kappa shape index (κ2) is 8.10. The molecule has 0 aliphatic carbocycles. The molecule has 3 rings (SSSR count). The standard InChI is InChI=1S/C17H20N6O6S/c1-17(2)9-18-12(29-17)10-7-5-6-8-11(10)30(25,26)23-14(24)19-13-20-15(27-3)22-16(21-13)28-4/h5-8H,9H2,1-4H3,(H2,19,20,21,22,23,24). The van der Waals surface area contributed by atoms with Gasteiger partial charge in [0, 0.05) is 0 Å². The number of carbonyl (C=O) groups excluding carboxylic acids is 1. The zero-order chi connectivity index (χ0) is 21.9. The molecule has 2 heterocycles. The molecular weight excluding hydrogens is 416 g/mol. The third-order valence-corrected chi connectivity index (χ3v) is 5.18. The first kappa shape index (κ1) is 21.2. The number of amides is 2. The molecule has 0 radical (unpaired) electrons. The molecule has 0 fully saturated rings. The highest BCUT2D eigenvalue weighted by atomic mass is 32.2. The quantitative estimate of drug-likeness (QED) is 0.673. The van der Waals surface area contributed by atoms with Crippen LogP contribution in [0.5, 0.6) is 12.0 Å². The molecule has 0 saturated heterocycles. The molecule has 0 saturated carbocycles. The van der Waals surface area contributed by atoms with E-state index in [0.717, 1.165) is 0 Å². The van der Waals surface area contributed by atoms with Crippen LogP contribution in [0.4, 0.5) is 10.7 Å². The Morgan fingerprint density at radius 2 is 1.73 bits per heavy atom. The van der Waals surface area contributed by atoms with Gasteiger partial charge in [0.1, 0.15) is 10.5 Å². The number of hydrogen-bond acceptors (Lipinski definition) is 10. The zero-order valence-electron chi connectivity index (χ0n) is 16.7. The fourth-order valence-corrected chi connectivity index (χ4v) is 3.59. The number of anilines is 1. The molecule has 0 unspecified atom stereocenters. The summed E-state index contributed by atoms with van der Waals surface area (Å²) in [6.07, 6.45) is 0. The van der Waals surface area contributed by atoms with Gasteiger partial charge < -0.3 is 14.2 Å². The van der Waals surface area contributed by atoms with E-state index < -0.39 is 21.7 Å². The Balaban J connectivity index is 1.82. The van der Waals surface area contributed by atoms with Crippen molar-refractivity contribution in [2.75, 3.05) is 26.1 Å². The van der Waals surface area contributed by atoms with Gasteiger partial charge in [-0.15, -0.1) is 4.98 Å². The molecule has 2 amide bonds. The lowest BCUT2D eigenvalue weighted by atomic mass is 10.1. The normalized spacial score (nSPS) is 15.0. The monoisotopic (exact) mass is 436 g/mol. The lowest BCUT2D eigenvalue weighted by Gasteiger charge is -2.18. The van der Waals surface area contributed by atoms with Crippen LogP contribution in [0.25, 0.3) is 0 Å². The summed E-state index contributed by atoms with van der Waals surface area (Å²) in [6.45, 7) is 4.06. The van der Waals surface area contributed by atoms with Gasteiger partial charge in [0.05, 0.1) is 26.3 Å². The highest BCUT2D eigenvalue weighted by Gasteiger charge is 2.32. The van der Waals surface area contributed by atoms with Crippen molar-refractivity contribution in [3.63, 3.8) is 0 Å². The zero-order valence-corrected chi connectivity index (χ0v) is 17.5. The molecule has 1 aromatic heterocycles. The highest BCUT2D eigenvalue weighted by Crippen LogP contribution is 2.25. The van der Waals surface area contributed by atoms with E-state index in [1.807, 2.05) is 18.6 Å². The third-order valence-electron chi connectivity index (χ3n) is 3.80. The molecule has 12 nitrogen and oxygen atoms in total. The summed E-state index contributed by atoms with van der Waals surface area (Å²) in [6, 6.07) is 4.74. The lowest BCUT2D eigenvalue weighted by molar-refractivity contribution is 0.131. The van der Waals surface area contributed by atoms with Crippen molar-refractivity contribution in [2.45, 2.75) is 24.3 Å². The summed E-state index contributed by atoms with van der Waals surface area (Å²) < 4.78 is 43.1. The number of carbonyl (C=O) groups is 1. The number of benzene rings is 1. The van der Waals surface area contributed by atoms with Gasteiger partial charge in [-0.1, -0.05) is 12.1 Å². The predicted molar refractivity (Wildman–Crippen MR) is 105 cm³/mol. The Hall–Kier alpha value is -3.48. The fraction of sp³-hybridized carbons (Fsp3) is 0.353. The number of nitrogens with one attached hydrogen (secondary N) is 2. The molecule has 0 bridgehead atoms. The first-order chi connectivity index (χ1) is 14.1. The summed E-state index contributed by atoms with van der Waals surface area (Å²) in [5.74, 6) is -0.0711. The third kappa shape index (κ3) is 4.74. The molecule has 160 valence electrons. The van der Waals surface area contributed by atoms with Crippen molar-refractivity contribution >= 4 is 27.9 Å². The Bertz CT molecular complexity index is 1080. The van der Waals surface area contributed by atoms with E-state index in [0.29, 0.717) is 6.54 Å². The van der Waals surface area contributed by atoms with Crippen LogP contribution in [0.1, 0.15) is 19.4 Å². The van der Waals surface area contributed by atoms with Crippen molar-refractivity contribution in [1.29, 1.82) is 0 Å². The topological polar surface area (TPSA) is 154 Å². The molecule has 0 spiro atoms.